The van der Waals surface area contributed by atoms with Gasteiger partial charge in [-0.2, -0.15) is 0 Å². The van der Waals surface area contributed by atoms with E-state index in [4.69, 9.17) is 0 Å². The maximum absolute atomic E-state index is 13.0. The number of nitrogens with zero attached hydrogens (tertiary/aromatic N) is 6. The van der Waals surface area contributed by atoms with Crippen molar-refractivity contribution in [3.8, 4) is 5.69 Å². The van der Waals surface area contributed by atoms with E-state index >= 15 is 0 Å². The van der Waals surface area contributed by atoms with Gasteiger partial charge >= 0.3 is 0 Å². The summed E-state index contributed by atoms with van der Waals surface area (Å²) in [5.74, 6) is -0.142. The summed E-state index contributed by atoms with van der Waals surface area (Å²) >= 11 is 3.44. The molecule has 0 N–H and O–H groups in total. The minimum absolute atomic E-state index is 0.0663. The average Bonchev–Trinajstić information content (AvgIpc) is 3.14. The minimum atomic E-state index is -0.413. The van der Waals surface area contributed by atoms with E-state index in [2.05, 4.69) is 31.1 Å². The van der Waals surface area contributed by atoms with Gasteiger partial charge in [-0.25, -0.2) is 4.68 Å². The number of nitro groups is 1. The molecule has 0 bridgehead atoms. The van der Waals surface area contributed by atoms with E-state index in [1.807, 2.05) is 31.2 Å². The van der Waals surface area contributed by atoms with E-state index in [1.165, 1.54) is 12.1 Å². The Balaban J connectivity index is 1.44. The van der Waals surface area contributed by atoms with Gasteiger partial charge in [-0.15, -0.1) is 5.10 Å². The normalized spacial score (nSPS) is 14.1. The van der Waals surface area contributed by atoms with Crippen LogP contribution in [0.4, 0.5) is 11.4 Å². The van der Waals surface area contributed by atoms with E-state index < -0.39 is 4.92 Å². The Morgan fingerprint density at radius 3 is 2.40 bits per heavy atom. The number of carbonyl (C=O) groups is 1. The first-order valence-corrected chi connectivity index (χ1v) is 10.2. The van der Waals surface area contributed by atoms with Gasteiger partial charge in [-0.05, 0) is 37.3 Å². The van der Waals surface area contributed by atoms with Crippen molar-refractivity contribution >= 4 is 33.2 Å². The number of aromatic nitrogens is 3. The van der Waals surface area contributed by atoms with Crippen LogP contribution in [0.5, 0.6) is 0 Å². The first kappa shape index (κ1) is 20.0. The molecule has 1 aliphatic heterocycles. The first-order chi connectivity index (χ1) is 14.4. The molecule has 1 amide bonds. The maximum atomic E-state index is 13.0. The van der Waals surface area contributed by atoms with Gasteiger partial charge in [0.2, 0.25) is 0 Å². The van der Waals surface area contributed by atoms with E-state index in [9.17, 15) is 14.9 Å². The van der Waals surface area contributed by atoms with Crippen molar-refractivity contribution in [2.45, 2.75) is 6.92 Å². The number of hydrogen-bond acceptors (Lipinski definition) is 6. The second-order valence-corrected chi connectivity index (χ2v) is 7.88. The molecule has 0 spiro atoms. The zero-order chi connectivity index (χ0) is 21.3. The second-order valence-electron chi connectivity index (χ2n) is 6.97. The smallest absolute Gasteiger partial charge is 0.276 e. The SMILES string of the molecule is Cc1c(C(=O)N2CCN(c3ccc([N+](=O)[O-])cc3)CC2)nnn1-c1cccc(Br)c1. The van der Waals surface area contributed by atoms with Gasteiger partial charge in [0, 0.05) is 48.5 Å². The lowest BCUT2D eigenvalue weighted by Crippen LogP contribution is -2.49. The molecule has 0 saturated carbocycles. The van der Waals surface area contributed by atoms with Crippen LogP contribution in [-0.2, 0) is 0 Å². The number of non-ortho nitro benzene ring substituents is 1. The Kier molecular flexibility index (Phi) is 5.49. The van der Waals surface area contributed by atoms with Crippen LogP contribution in [0.3, 0.4) is 0 Å². The van der Waals surface area contributed by atoms with Crippen molar-refractivity contribution in [3.05, 3.63) is 74.5 Å². The fraction of sp³-hybridized carbons (Fsp3) is 0.250. The summed E-state index contributed by atoms with van der Waals surface area (Å²) in [5, 5.41) is 19.1. The Bertz CT molecular complexity index is 1090. The fourth-order valence-corrected chi connectivity index (χ4v) is 3.87. The van der Waals surface area contributed by atoms with Crippen LogP contribution in [-0.4, -0.2) is 56.9 Å². The first-order valence-electron chi connectivity index (χ1n) is 9.41. The maximum Gasteiger partial charge on any atom is 0.276 e. The highest BCUT2D eigenvalue weighted by Gasteiger charge is 2.26. The summed E-state index contributed by atoms with van der Waals surface area (Å²) in [4.78, 5) is 27.3. The molecular formula is C20H19BrN6O3. The highest BCUT2D eigenvalue weighted by atomic mass is 79.9. The molecule has 4 rings (SSSR count). The predicted molar refractivity (Wildman–Crippen MR) is 115 cm³/mol. The molecule has 9 nitrogen and oxygen atoms in total. The third-order valence-corrected chi connectivity index (χ3v) is 5.64. The molecule has 1 fully saturated rings. The average molecular weight is 471 g/mol. The van der Waals surface area contributed by atoms with Crippen molar-refractivity contribution in [1.82, 2.24) is 19.9 Å². The number of amides is 1. The summed E-state index contributed by atoms with van der Waals surface area (Å²) in [6, 6.07) is 14.1. The number of benzene rings is 2. The third-order valence-electron chi connectivity index (χ3n) is 5.14. The number of hydrogen-bond donors (Lipinski definition) is 0. The van der Waals surface area contributed by atoms with Gasteiger partial charge in [0.05, 0.1) is 16.3 Å². The van der Waals surface area contributed by atoms with E-state index in [-0.39, 0.29) is 11.6 Å². The third kappa shape index (κ3) is 3.90. The van der Waals surface area contributed by atoms with E-state index in [0.717, 1.165) is 15.8 Å². The number of anilines is 1. The largest absolute Gasteiger partial charge is 0.368 e. The molecule has 0 unspecified atom stereocenters. The standard InChI is InChI=1S/C20H19BrN6O3/c1-14-19(22-23-26(14)18-4-2-3-15(21)13-18)20(28)25-11-9-24(10-12-25)16-5-7-17(8-6-16)27(29)30/h2-8,13H,9-12H2,1H3. The summed E-state index contributed by atoms with van der Waals surface area (Å²) in [7, 11) is 0. The Hall–Kier alpha value is -3.27. The number of halogens is 1. The Labute approximate surface area is 181 Å². The molecule has 1 saturated heterocycles. The van der Waals surface area contributed by atoms with E-state index in [0.29, 0.717) is 37.6 Å². The number of carbonyl (C=O) groups excluding carboxylic acids is 1. The van der Waals surface area contributed by atoms with Crippen LogP contribution in [0, 0.1) is 17.0 Å². The van der Waals surface area contributed by atoms with Crippen LogP contribution in [0.1, 0.15) is 16.2 Å². The lowest BCUT2D eigenvalue weighted by Gasteiger charge is -2.35. The fourth-order valence-electron chi connectivity index (χ4n) is 3.48. The molecule has 2 heterocycles. The van der Waals surface area contributed by atoms with E-state index in [1.54, 1.807) is 21.7 Å². The summed E-state index contributed by atoms with van der Waals surface area (Å²) in [5.41, 5.74) is 2.84. The quantitative estimate of drug-likeness (QED) is 0.428. The molecule has 0 radical (unpaired) electrons. The van der Waals surface area contributed by atoms with Crippen LogP contribution in [0.15, 0.2) is 53.0 Å². The predicted octanol–water partition coefficient (Wildman–Crippen LogP) is 3.21. The van der Waals surface area contributed by atoms with Crippen LogP contribution < -0.4 is 4.90 Å². The van der Waals surface area contributed by atoms with Crippen LogP contribution in [0.25, 0.3) is 5.69 Å². The Morgan fingerprint density at radius 1 is 1.07 bits per heavy atom. The zero-order valence-electron chi connectivity index (χ0n) is 16.2. The van der Waals surface area contributed by atoms with Gasteiger partial charge in [0.25, 0.3) is 11.6 Å². The molecule has 1 aliphatic rings. The summed E-state index contributed by atoms with van der Waals surface area (Å²) < 4.78 is 2.58. The molecule has 154 valence electrons. The zero-order valence-corrected chi connectivity index (χ0v) is 17.8. The number of nitro benzene ring substituents is 1. The van der Waals surface area contributed by atoms with Gasteiger partial charge in [0.1, 0.15) is 0 Å². The summed E-state index contributed by atoms with van der Waals surface area (Å²) in [6.07, 6.45) is 0. The van der Waals surface area contributed by atoms with Gasteiger partial charge in [-0.1, -0.05) is 27.2 Å². The number of piperazine rings is 1. The lowest BCUT2D eigenvalue weighted by molar-refractivity contribution is -0.384. The highest BCUT2D eigenvalue weighted by Crippen LogP contribution is 2.22. The monoisotopic (exact) mass is 470 g/mol. The van der Waals surface area contributed by atoms with Crippen molar-refractivity contribution in [3.63, 3.8) is 0 Å². The molecule has 10 heteroatoms. The van der Waals surface area contributed by atoms with Crippen molar-refractivity contribution in [2.75, 3.05) is 31.1 Å². The van der Waals surface area contributed by atoms with Crippen molar-refractivity contribution in [2.24, 2.45) is 0 Å². The molecule has 1 aromatic heterocycles. The molecule has 0 aliphatic carbocycles. The van der Waals surface area contributed by atoms with Gasteiger partial charge < -0.3 is 9.80 Å². The summed E-state index contributed by atoms with van der Waals surface area (Å²) in [6.45, 7) is 4.20. The highest BCUT2D eigenvalue weighted by molar-refractivity contribution is 9.10. The second kappa shape index (κ2) is 8.23. The van der Waals surface area contributed by atoms with Crippen molar-refractivity contribution in [1.29, 1.82) is 0 Å². The van der Waals surface area contributed by atoms with Gasteiger partial charge in [-0.3, -0.25) is 14.9 Å². The number of rotatable bonds is 4. The van der Waals surface area contributed by atoms with Gasteiger partial charge in [0.15, 0.2) is 5.69 Å². The molecule has 2 aromatic carbocycles. The molecular weight excluding hydrogens is 452 g/mol. The molecule has 3 aromatic rings. The van der Waals surface area contributed by atoms with Crippen LogP contribution >= 0.6 is 15.9 Å². The molecule has 0 atom stereocenters. The topological polar surface area (TPSA) is 97.4 Å². The van der Waals surface area contributed by atoms with Crippen LogP contribution in [0.2, 0.25) is 0 Å². The van der Waals surface area contributed by atoms with Crippen molar-refractivity contribution < 1.29 is 9.72 Å². The lowest BCUT2D eigenvalue weighted by atomic mass is 10.2. The minimum Gasteiger partial charge on any atom is -0.368 e. The molecule has 30 heavy (non-hydrogen) atoms. The Morgan fingerprint density at radius 2 is 1.77 bits per heavy atom.